The van der Waals surface area contributed by atoms with Gasteiger partial charge in [-0.25, -0.2) is 4.98 Å². The lowest BCUT2D eigenvalue weighted by Gasteiger charge is -2.08. The van der Waals surface area contributed by atoms with E-state index in [1.54, 1.807) is 36.0 Å². The molecule has 0 saturated carbocycles. The Balaban J connectivity index is 0.000000921. The molecule has 1 aromatic carbocycles. The molecule has 7 heteroatoms. The van der Waals surface area contributed by atoms with Crippen LogP contribution >= 0.6 is 43.5 Å². The van der Waals surface area contributed by atoms with E-state index in [1.165, 1.54) is 0 Å². The van der Waals surface area contributed by atoms with Gasteiger partial charge in [0.05, 0.1) is 28.1 Å². The lowest BCUT2D eigenvalue weighted by atomic mass is 10.2. The quantitative estimate of drug-likeness (QED) is 0.345. The molecule has 0 amide bonds. The molecule has 0 aliphatic carbocycles. The molecule has 0 saturated heterocycles. The van der Waals surface area contributed by atoms with Crippen molar-refractivity contribution in [3.63, 3.8) is 0 Å². The maximum absolute atomic E-state index is 12.7. The summed E-state index contributed by atoms with van der Waals surface area (Å²) >= 11 is 12.7. The first-order valence-corrected chi connectivity index (χ1v) is 10.9. The molecule has 2 heterocycles. The second-order valence-corrected chi connectivity index (χ2v) is 7.14. The van der Waals surface area contributed by atoms with E-state index in [0.29, 0.717) is 26.2 Å². The van der Waals surface area contributed by atoms with E-state index in [9.17, 15) is 4.79 Å². The fourth-order valence-corrected chi connectivity index (χ4v) is 3.50. The lowest BCUT2D eigenvalue weighted by molar-refractivity contribution is 0.740. The van der Waals surface area contributed by atoms with Crippen molar-refractivity contribution < 1.29 is 0 Å². The Morgan fingerprint density at radius 2 is 1.79 bits per heavy atom. The number of benzene rings is 1. The molecule has 3 aromatic rings. The number of hydrogen-bond donors (Lipinski definition) is 0. The van der Waals surface area contributed by atoms with Crippen molar-refractivity contribution in [2.24, 2.45) is 0 Å². The van der Waals surface area contributed by atoms with Gasteiger partial charge in [-0.1, -0.05) is 51.1 Å². The highest BCUT2D eigenvalue weighted by Gasteiger charge is 2.10. The van der Waals surface area contributed by atoms with Crippen molar-refractivity contribution in [2.45, 2.75) is 41.2 Å². The van der Waals surface area contributed by atoms with Gasteiger partial charge >= 0.3 is 0 Å². The van der Waals surface area contributed by atoms with Gasteiger partial charge < -0.3 is 0 Å². The van der Waals surface area contributed by atoms with Crippen LogP contribution in [0.15, 0.2) is 44.3 Å². The number of aryl methyl sites for hydroxylation is 1. The monoisotopic (exact) mass is 525 g/mol. The zero-order valence-corrected chi connectivity index (χ0v) is 20.4. The van der Waals surface area contributed by atoms with Crippen LogP contribution in [0.3, 0.4) is 0 Å². The molecule has 148 valence electrons. The Hall–Kier alpha value is -1.68. The van der Waals surface area contributed by atoms with Gasteiger partial charge in [0.2, 0.25) is 0 Å². The van der Waals surface area contributed by atoms with E-state index in [-0.39, 0.29) is 12.1 Å². The minimum absolute atomic E-state index is 0.142. The normalized spacial score (nSPS) is 9.43. The molecule has 3 rings (SSSR count). The van der Waals surface area contributed by atoms with Gasteiger partial charge in [-0.05, 0) is 57.0 Å². The van der Waals surface area contributed by atoms with Crippen LogP contribution in [0.4, 0.5) is 0 Å². The number of hydrogen-bond acceptors (Lipinski definition) is 3. The molecule has 0 atom stereocenters. The van der Waals surface area contributed by atoms with E-state index in [1.807, 2.05) is 33.8 Å². The molecule has 2 aromatic heterocycles. The Kier molecular flexibility index (Phi) is 10.4. The van der Waals surface area contributed by atoms with Gasteiger partial charge in [0, 0.05) is 21.3 Å². The van der Waals surface area contributed by atoms with Crippen molar-refractivity contribution in [1.29, 1.82) is 0 Å². The highest BCUT2D eigenvalue weighted by Crippen LogP contribution is 2.21. The third-order valence-corrected chi connectivity index (χ3v) is 4.90. The fraction of sp³-hybridized carbons (Fsp3) is 0.286. The molecule has 0 unspecified atom stereocenters. The van der Waals surface area contributed by atoms with Crippen LogP contribution in [0.25, 0.3) is 10.9 Å². The lowest BCUT2D eigenvalue weighted by Crippen LogP contribution is -2.24. The number of rotatable bonds is 1. The Morgan fingerprint density at radius 3 is 2.43 bits per heavy atom. The van der Waals surface area contributed by atoms with Crippen molar-refractivity contribution in [3.05, 3.63) is 66.3 Å². The third kappa shape index (κ3) is 5.91. The predicted molar refractivity (Wildman–Crippen MR) is 125 cm³/mol. The average molecular weight is 528 g/mol. The summed E-state index contributed by atoms with van der Waals surface area (Å²) in [5.74, 6) is 6.65. The third-order valence-electron chi connectivity index (χ3n) is 3.40. The van der Waals surface area contributed by atoms with Gasteiger partial charge in [-0.3, -0.25) is 14.3 Å². The maximum atomic E-state index is 12.7. The number of fused-ring (bicyclic) bond motifs is 1. The molecule has 0 spiro atoms. The summed E-state index contributed by atoms with van der Waals surface area (Å²) in [7, 11) is 0. The maximum Gasteiger partial charge on any atom is 0.263 e. The molecule has 0 aliphatic heterocycles. The standard InChI is InChI=1S/C17H10Br2ClN3O.2C2H6/c1-10-22-15-9-21-8-14(19)16(15)17(24)23(10)6-2-3-11-4-5-12(20)7-13(11)18;2*1-2/h4-5,7-9H,6H2,1H3;2*1-2H3. The van der Waals surface area contributed by atoms with E-state index in [2.05, 4.69) is 53.7 Å². The molecule has 0 radical (unpaired) electrons. The van der Waals surface area contributed by atoms with Crippen LogP contribution in [-0.4, -0.2) is 14.5 Å². The van der Waals surface area contributed by atoms with E-state index in [4.69, 9.17) is 11.6 Å². The zero-order chi connectivity index (χ0) is 21.3. The summed E-state index contributed by atoms with van der Waals surface area (Å²) in [5, 5.41) is 1.14. The minimum Gasteiger partial charge on any atom is -0.284 e. The number of halogens is 3. The van der Waals surface area contributed by atoms with Crippen LogP contribution in [-0.2, 0) is 6.54 Å². The first kappa shape index (κ1) is 24.4. The first-order chi connectivity index (χ1) is 13.5. The highest BCUT2D eigenvalue weighted by molar-refractivity contribution is 9.11. The number of pyridine rings is 1. The molecule has 4 nitrogen and oxygen atoms in total. The SMILES string of the molecule is CC.CC.Cc1nc2cncc(Br)c2c(=O)n1CC#Cc1ccc(Cl)cc1Br. The Labute approximate surface area is 187 Å². The second kappa shape index (κ2) is 12.0. The smallest absolute Gasteiger partial charge is 0.263 e. The first-order valence-electron chi connectivity index (χ1n) is 8.92. The summed E-state index contributed by atoms with van der Waals surface area (Å²) in [6.07, 6.45) is 3.16. The Morgan fingerprint density at radius 1 is 1.11 bits per heavy atom. The van der Waals surface area contributed by atoms with Crippen molar-refractivity contribution in [3.8, 4) is 11.8 Å². The molecule has 0 aliphatic rings. The minimum atomic E-state index is -0.142. The van der Waals surface area contributed by atoms with Crippen molar-refractivity contribution >= 4 is 54.4 Å². The van der Waals surface area contributed by atoms with Crippen LogP contribution < -0.4 is 5.56 Å². The molecule has 0 bridgehead atoms. The van der Waals surface area contributed by atoms with Crippen LogP contribution in [0.1, 0.15) is 39.1 Å². The summed E-state index contributed by atoms with van der Waals surface area (Å²) in [5.41, 5.74) is 1.23. The summed E-state index contributed by atoms with van der Waals surface area (Å²) in [6, 6.07) is 5.38. The summed E-state index contributed by atoms with van der Waals surface area (Å²) in [6.45, 7) is 10.0. The number of aromatic nitrogens is 3. The fourth-order valence-electron chi connectivity index (χ4n) is 2.23. The topological polar surface area (TPSA) is 47.8 Å². The van der Waals surface area contributed by atoms with E-state index in [0.717, 1.165) is 10.0 Å². The van der Waals surface area contributed by atoms with Crippen molar-refractivity contribution in [1.82, 2.24) is 14.5 Å². The van der Waals surface area contributed by atoms with E-state index >= 15 is 0 Å². The predicted octanol–water partition coefficient (Wildman–Crippen LogP) is 6.38. The van der Waals surface area contributed by atoms with Gasteiger partial charge in [-0.15, -0.1) is 0 Å². The van der Waals surface area contributed by atoms with Gasteiger partial charge in [0.1, 0.15) is 5.82 Å². The highest BCUT2D eigenvalue weighted by atomic mass is 79.9. The van der Waals surface area contributed by atoms with Crippen LogP contribution in [0.5, 0.6) is 0 Å². The largest absolute Gasteiger partial charge is 0.284 e. The molecule has 0 N–H and O–H groups in total. The van der Waals surface area contributed by atoms with Crippen LogP contribution in [0.2, 0.25) is 5.02 Å². The Bertz CT molecular complexity index is 1070. The zero-order valence-electron chi connectivity index (χ0n) is 16.5. The average Bonchev–Trinajstić information content (AvgIpc) is 2.69. The van der Waals surface area contributed by atoms with Crippen LogP contribution in [0, 0.1) is 18.8 Å². The van der Waals surface area contributed by atoms with Crippen molar-refractivity contribution in [2.75, 3.05) is 0 Å². The van der Waals surface area contributed by atoms with Gasteiger partial charge in [0.15, 0.2) is 0 Å². The van der Waals surface area contributed by atoms with E-state index < -0.39 is 0 Å². The molecular formula is C21H22Br2ClN3O. The summed E-state index contributed by atoms with van der Waals surface area (Å²) < 4.78 is 2.99. The molecule has 0 fully saturated rings. The summed E-state index contributed by atoms with van der Waals surface area (Å²) in [4.78, 5) is 21.2. The van der Waals surface area contributed by atoms with Gasteiger partial charge in [-0.2, -0.15) is 0 Å². The number of nitrogens with zero attached hydrogens (tertiary/aromatic N) is 3. The molecule has 28 heavy (non-hydrogen) atoms. The van der Waals surface area contributed by atoms with Gasteiger partial charge in [0.25, 0.3) is 5.56 Å². The second-order valence-electron chi connectivity index (χ2n) is 4.99. The molecular weight excluding hydrogens is 506 g/mol.